The fourth-order valence-corrected chi connectivity index (χ4v) is 6.33. The maximum atomic E-state index is 13.4. The zero-order chi connectivity index (χ0) is 22.8. The topological polar surface area (TPSA) is 80.1 Å². The number of rotatable bonds is 4. The Bertz CT molecular complexity index is 1250. The Morgan fingerprint density at radius 2 is 1.97 bits per heavy atom. The second-order valence-corrected chi connectivity index (χ2v) is 10.8. The van der Waals surface area contributed by atoms with Crippen LogP contribution in [-0.2, 0) is 21.2 Å². The van der Waals surface area contributed by atoms with Crippen LogP contribution in [0.15, 0.2) is 59.2 Å². The normalized spacial score (nSPS) is 21.2. The zero-order valence-electron chi connectivity index (χ0n) is 18.5. The van der Waals surface area contributed by atoms with Crippen molar-refractivity contribution < 1.29 is 22.4 Å². The summed E-state index contributed by atoms with van der Waals surface area (Å²) in [5.74, 6) is 0.220. The molecule has 8 heteroatoms. The van der Waals surface area contributed by atoms with Crippen LogP contribution in [0.25, 0.3) is 11.0 Å². The molecule has 0 spiro atoms. The van der Waals surface area contributed by atoms with E-state index < -0.39 is 10.0 Å². The van der Waals surface area contributed by atoms with Crippen molar-refractivity contribution in [1.82, 2.24) is 4.90 Å². The molecule has 0 saturated carbocycles. The van der Waals surface area contributed by atoms with Gasteiger partial charge >= 0.3 is 0 Å². The molecule has 1 aromatic heterocycles. The number of anilines is 1. The van der Waals surface area contributed by atoms with E-state index in [1.54, 1.807) is 30.5 Å². The van der Waals surface area contributed by atoms with Crippen LogP contribution in [0, 0.1) is 5.92 Å². The van der Waals surface area contributed by atoms with Crippen LogP contribution < -0.4 is 4.31 Å². The maximum absolute atomic E-state index is 13.4. The molecule has 3 heterocycles. The van der Waals surface area contributed by atoms with Gasteiger partial charge in [0.05, 0.1) is 30.9 Å². The second-order valence-electron chi connectivity index (χ2n) is 8.83. The minimum atomic E-state index is -3.32. The first-order valence-corrected chi connectivity index (χ1v) is 13.0. The molecule has 1 amide bonds. The van der Waals surface area contributed by atoms with E-state index in [0.29, 0.717) is 50.5 Å². The molecular weight excluding hydrogens is 440 g/mol. The molecule has 33 heavy (non-hydrogen) atoms. The summed E-state index contributed by atoms with van der Waals surface area (Å²) in [6.45, 7) is 2.63. The molecule has 174 valence electrons. The van der Waals surface area contributed by atoms with Crippen molar-refractivity contribution >= 4 is 32.6 Å². The van der Waals surface area contributed by atoms with Crippen molar-refractivity contribution in [1.29, 1.82) is 0 Å². The number of nitrogens with zero attached hydrogens (tertiary/aromatic N) is 2. The van der Waals surface area contributed by atoms with Gasteiger partial charge in [-0.15, -0.1) is 0 Å². The van der Waals surface area contributed by atoms with E-state index in [0.717, 1.165) is 29.4 Å². The van der Waals surface area contributed by atoms with E-state index in [9.17, 15) is 13.2 Å². The number of ether oxygens (including phenoxy) is 1. The van der Waals surface area contributed by atoms with Gasteiger partial charge in [0.2, 0.25) is 10.0 Å². The molecule has 2 aliphatic heterocycles. The van der Waals surface area contributed by atoms with Crippen LogP contribution in [-0.4, -0.2) is 57.8 Å². The van der Waals surface area contributed by atoms with Crippen LogP contribution in [0.2, 0.25) is 0 Å². The molecule has 2 aliphatic rings. The molecule has 1 unspecified atom stereocenters. The molecule has 0 bridgehead atoms. The molecule has 5 rings (SSSR count). The fraction of sp³-hybridized carbons (Fsp3) is 0.400. The summed E-state index contributed by atoms with van der Waals surface area (Å²) in [6.07, 6.45) is 3.98. The van der Waals surface area contributed by atoms with Gasteiger partial charge in [-0.1, -0.05) is 18.2 Å². The summed E-state index contributed by atoms with van der Waals surface area (Å²) in [7, 11) is -3.32. The van der Waals surface area contributed by atoms with Gasteiger partial charge in [0.1, 0.15) is 5.58 Å². The highest BCUT2D eigenvalue weighted by molar-refractivity contribution is 7.92. The van der Waals surface area contributed by atoms with Gasteiger partial charge in [0.25, 0.3) is 5.91 Å². The predicted octanol–water partition coefficient (Wildman–Crippen LogP) is 3.69. The van der Waals surface area contributed by atoms with Crippen molar-refractivity contribution in [3.63, 3.8) is 0 Å². The molecule has 2 saturated heterocycles. The second kappa shape index (κ2) is 9.19. The number of hydrogen-bond donors (Lipinski definition) is 0. The number of carbonyl (C=O) groups is 1. The van der Waals surface area contributed by atoms with E-state index in [1.165, 1.54) is 4.31 Å². The van der Waals surface area contributed by atoms with Gasteiger partial charge in [-0.25, -0.2) is 8.42 Å². The molecular formula is C25H28N2O5S. The third kappa shape index (κ3) is 4.77. The quantitative estimate of drug-likeness (QED) is 0.583. The van der Waals surface area contributed by atoms with E-state index in [1.807, 2.05) is 11.0 Å². The Labute approximate surface area is 194 Å². The van der Waals surface area contributed by atoms with Crippen molar-refractivity contribution in [2.45, 2.75) is 19.3 Å². The maximum Gasteiger partial charge on any atom is 0.254 e. The largest absolute Gasteiger partial charge is 0.464 e. The lowest BCUT2D eigenvalue weighted by molar-refractivity contribution is 0.0737. The fourth-order valence-electron chi connectivity index (χ4n) is 4.70. The van der Waals surface area contributed by atoms with Gasteiger partial charge in [-0.3, -0.25) is 9.10 Å². The summed E-state index contributed by atoms with van der Waals surface area (Å²) in [4.78, 5) is 15.2. The number of furan rings is 1. The van der Waals surface area contributed by atoms with Gasteiger partial charge < -0.3 is 14.1 Å². The van der Waals surface area contributed by atoms with Crippen LogP contribution in [0.4, 0.5) is 5.69 Å². The van der Waals surface area contributed by atoms with Crippen molar-refractivity contribution in [3.05, 3.63) is 65.9 Å². The summed E-state index contributed by atoms with van der Waals surface area (Å²) in [6, 6.07) is 15.1. The van der Waals surface area contributed by atoms with E-state index in [4.69, 9.17) is 9.15 Å². The van der Waals surface area contributed by atoms with Crippen molar-refractivity contribution in [3.8, 4) is 0 Å². The minimum absolute atomic E-state index is 0.0942. The first-order chi connectivity index (χ1) is 16.0. The van der Waals surface area contributed by atoms with Gasteiger partial charge in [0, 0.05) is 36.5 Å². The molecule has 0 radical (unpaired) electrons. The Balaban J connectivity index is 1.32. The number of sulfonamides is 1. The number of amides is 1. The first kappa shape index (κ1) is 22.0. The summed E-state index contributed by atoms with van der Waals surface area (Å²) in [5.41, 5.74) is 3.08. The lowest BCUT2D eigenvalue weighted by Gasteiger charge is -2.29. The average molecular weight is 469 g/mol. The van der Waals surface area contributed by atoms with Crippen molar-refractivity contribution in [2.24, 2.45) is 5.92 Å². The lowest BCUT2D eigenvalue weighted by Crippen LogP contribution is -2.38. The smallest absolute Gasteiger partial charge is 0.254 e. The number of hydrogen-bond acceptors (Lipinski definition) is 5. The molecule has 2 fully saturated rings. The van der Waals surface area contributed by atoms with Crippen molar-refractivity contribution in [2.75, 3.05) is 42.9 Å². The molecule has 3 aromatic rings. The summed E-state index contributed by atoms with van der Waals surface area (Å²) in [5, 5.41) is 1.07. The van der Waals surface area contributed by atoms with Crippen LogP contribution in [0.5, 0.6) is 0 Å². The Morgan fingerprint density at radius 3 is 2.85 bits per heavy atom. The van der Waals surface area contributed by atoms with E-state index >= 15 is 0 Å². The SMILES string of the molecule is O=C(c1cccc(N2CCCCS2(=O)=O)c1)N1CCOCC(Cc2ccc3ccoc3c2)C1. The monoisotopic (exact) mass is 468 g/mol. The highest BCUT2D eigenvalue weighted by Crippen LogP contribution is 2.26. The third-order valence-electron chi connectivity index (χ3n) is 6.40. The van der Waals surface area contributed by atoms with E-state index in [-0.39, 0.29) is 17.6 Å². The average Bonchev–Trinajstić information content (AvgIpc) is 3.16. The zero-order valence-corrected chi connectivity index (χ0v) is 19.3. The lowest BCUT2D eigenvalue weighted by atomic mass is 9.98. The number of fused-ring (bicyclic) bond motifs is 1. The molecule has 0 aliphatic carbocycles. The van der Waals surface area contributed by atoms with Gasteiger partial charge in [-0.05, 0) is 55.2 Å². The minimum Gasteiger partial charge on any atom is -0.464 e. The van der Waals surface area contributed by atoms with Gasteiger partial charge in [0.15, 0.2) is 0 Å². The standard InChI is InChI=1S/C25H28N2O5S/c28-25(22-4-3-5-23(16-22)27-9-1-2-13-33(27,29)30)26-10-12-31-18-20(17-26)14-19-6-7-21-8-11-32-24(21)15-19/h3-8,11,15-16,20H,1-2,9-10,12-14,17-18H2. The molecule has 1 atom stereocenters. The number of benzene rings is 2. The Kier molecular flexibility index (Phi) is 6.12. The highest BCUT2D eigenvalue weighted by atomic mass is 32.2. The first-order valence-electron chi connectivity index (χ1n) is 11.4. The summed E-state index contributed by atoms with van der Waals surface area (Å²) >= 11 is 0. The Morgan fingerprint density at radius 1 is 1.06 bits per heavy atom. The van der Waals surface area contributed by atoms with Crippen LogP contribution in [0.3, 0.4) is 0 Å². The van der Waals surface area contributed by atoms with Crippen LogP contribution >= 0.6 is 0 Å². The Hall–Kier alpha value is -2.84. The summed E-state index contributed by atoms with van der Waals surface area (Å²) < 4.78 is 37.8. The van der Waals surface area contributed by atoms with E-state index in [2.05, 4.69) is 18.2 Å². The van der Waals surface area contributed by atoms with Gasteiger partial charge in [-0.2, -0.15) is 0 Å². The predicted molar refractivity (Wildman–Crippen MR) is 127 cm³/mol. The number of carbonyl (C=O) groups excluding carboxylic acids is 1. The molecule has 7 nitrogen and oxygen atoms in total. The molecule has 2 aromatic carbocycles. The molecule has 0 N–H and O–H groups in total. The third-order valence-corrected chi connectivity index (χ3v) is 8.27. The van der Waals surface area contributed by atoms with Crippen LogP contribution in [0.1, 0.15) is 28.8 Å². The highest BCUT2D eigenvalue weighted by Gasteiger charge is 2.28.